The van der Waals surface area contributed by atoms with Crippen LogP contribution in [0.1, 0.15) is 27.8 Å². The van der Waals surface area contributed by atoms with Crippen molar-refractivity contribution in [1.82, 2.24) is 4.57 Å². The molecule has 8 nitrogen and oxygen atoms in total. The van der Waals surface area contributed by atoms with Crippen LogP contribution >= 0.6 is 0 Å². The molecule has 0 bridgehead atoms. The molecule has 11 heteroatoms. The Kier molecular flexibility index (Phi) is 6.30. The number of aromatic nitrogens is 1. The van der Waals surface area contributed by atoms with Gasteiger partial charge in [-0.05, 0) is 30.2 Å². The zero-order valence-electron chi connectivity index (χ0n) is 17.0. The standard InChI is InChI=1S/C22H15F3N4O4/c1-13-16(10-26)20(30)28(12-14-5-3-2-4-6-14)21(31)17(13)11-27-15-7-8-19(29(32)33)18(9-15)22(23,24)25/h2-9,11,31H,12H2,1H3. The summed E-state index contributed by atoms with van der Waals surface area (Å²) >= 11 is 0. The molecule has 3 aromatic rings. The van der Waals surface area contributed by atoms with Crippen molar-refractivity contribution in [3.63, 3.8) is 0 Å². The summed E-state index contributed by atoms with van der Waals surface area (Å²) in [6, 6.07) is 12.6. The number of nitrogens with zero attached hydrogens (tertiary/aromatic N) is 4. The molecule has 0 saturated heterocycles. The van der Waals surface area contributed by atoms with Gasteiger partial charge in [0.25, 0.3) is 11.2 Å². The van der Waals surface area contributed by atoms with Gasteiger partial charge in [0.1, 0.15) is 17.2 Å². The van der Waals surface area contributed by atoms with Crippen molar-refractivity contribution >= 4 is 17.6 Å². The lowest BCUT2D eigenvalue weighted by Gasteiger charge is -2.14. The molecule has 0 spiro atoms. The summed E-state index contributed by atoms with van der Waals surface area (Å²) in [7, 11) is 0. The number of nitriles is 1. The van der Waals surface area contributed by atoms with Crippen molar-refractivity contribution in [3.8, 4) is 11.9 Å². The molecular weight excluding hydrogens is 441 g/mol. The minimum absolute atomic E-state index is 0.0472. The van der Waals surface area contributed by atoms with Crippen LogP contribution in [0.25, 0.3) is 0 Å². The minimum Gasteiger partial charge on any atom is -0.494 e. The summed E-state index contributed by atoms with van der Waals surface area (Å²) in [6.45, 7) is 1.34. The SMILES string of the molecule is Cc1c(C=Nc2ccc([N+](=O)[O-])c(C(F)(F)F)c2)c(O)n(Cc2ccccc2)c(=O)c1C#N. The average molecular weight is 456 g/mol. The number of halogens is 3. The fourth-order valence-electron chi connectivity index (χ4n) is 3.17. The summed E-state index contributed by atoms with van der Waals surface area (Å²) < 4.78 is 40.6. The Morgan fingerprint density at radius 2 is 1.91 bits per heavy atom. The van der Waals surface area contributed by atoms with Gasteiger partial charge in [-0.25, -0.2) is 0 Å². The number of hydrogen-bond donors (Lipinski definition) is 1. The Labute approximate surface area is 184 Å². The maximum Gasteiger partial charge on any atom is 0.423 e. The number of pyridine rings is 1. The van der Waals surface area contributed by atoms with Gasteiger partial charge < -0.3 is 5.11 Å². The van der Waals surface area contributed by atoms with Crippen molar-refractivity contribution < 1.29 is 23.2 Å². The quantitative estimate of drug-likeness (QED) is 0.345. The van der Waals surface area contributed by atoms with Crippen molar-refractivity contribution in [2.75, 3.05) is 0 Å². The number of nitro benzene ring substituents is 1. The Morgan fingerprint density at radius 1 is 1.24 bits per heavy atom. The van der Waals surface area contributed by atoms with Crippen LogP contribution in [0.4, 0.5) is 24.5 Å². The highest BCUT2D eigenvalue weighted by molar-refractivity contribution is 5.87. The van der Waals surface area contributed by atoms with E-state index in [9.17, 15) is 38.4 Å². The molecule has 0 aliphatic heterocycles. The van der Waals surface area contributed by atoms with Crippen LogP contribution in [0.2, 0.25) is 0 Å². The largest absolute Gasteiger partial charge is 0.494 e. The zero-order valence-corrected chi connectivity index (χ0v) is 17.0. The van der Waals surface area contributed by atoms with Crippen LogP contribution in [-0.2, 0) is 12.7 Å². The number of rotatable bonds is 5. The van der Waals surface area contributed by atoms with E-state index in [1.165, 1.54) is 6.92 Å². The second-order valence-corrected chi connectivity index (χ2v) is 6.94. The molecule has 2 aromatic carbocycles. The normalized spacial score (nSPS) is 11.5. The fourth-order valence-corrected chi connectivity index (χ4v) is 3.17. The van der Waals surface area contributed by atoms with E-state index in [2.05, 4.69) is 4.99 Å². The van der Waals surface area contributed by atoms with Crippen LogP contribution in [0.15, 0.2) is 58.3 Å². The molecule has 0 radical (unpaired) electrons. The maximum absolute atomic E-state index is 13.2. The molecule has 0 aliphatic rings. The predicted molar refractivity (Wildman–Crippen MR) is 113 cm³/mol. The number of aromatic hydroxyl groups is 1. The minimum atomic E-state index is -4.98. The number of alkyl halides is 3. The Morgan fingerprint density at radius 3 is 2.48 bits per heavy atom. The van der Waals surface area contributed by atoms with Gasteiger partial charge in [-0.2, -0.15) is 18.4 Å². The number of nitro groups is 1. The van der Waals surface area contributed by atoms with Gasteiger partial charge in [-0.3, -0.25) is 24.5 Å². The lowest BCUT2D eigenvalue weighted by atomic mass is 10.1. The topological polar surface area (TPSA) is 122 Å². The molecule has 1 N–H and O–H groups in total. The first-order valence-corrected chi connectivity index (χ1v) is 9.34. The molecule has 3 rings (SSSR count). The van der Waals surface area contributed by atoms with Crippen molar-refractivity contribution in [2.45, 2.75) is 19.6 Å². The van der Waals surface area contributed by atoms with E-state index in [-0.39, 0.29) is 28.9 Å². The number of aliphatic imine (C=N–C) groups is 1. The summed E-state index contributed by atoms with van der Waals surface area (Å²) in [5, 5.41) is 31.0. The molecule has 1 heterocycles. The monoisotopic (exact) mass is 456 g/mol. The molecule has 0 fully saturated rings. The highest BCUT2D eigenvalue weighted by atomic mass is 19.4. The predicted octanol–water partition coefficient (Wildman–Crippen LogP) is 4.46. The molecule has 0 unspecified atom stereocenters. The lowest BCUT2D eigenvalue weighted by Crippen LogP contribution is -2.25. The van der Waals surface area contributed by atoms with Gasteiger partial charge in [0, 0.05) is 12.3 Å². The molecule has 0 atom stereocenters. The van der Waals surface area contributed by atoms with Gasteiger partial charge in [-0.15, -0.1) is 0 Å². The van der Waals surface area contributed by atoms with Crippen LogP contribution in [0.5, 0.6) is 5.88 Å². The van der Waals surface area contributed by atoms with Crippen molar-refractivity contribution in [1.29, 1.82) is 5.26 Å². The van der Waals surface area contributed by atoms with Crippen LogP contribution in [-0.4, -0.2) is 20.8 Å². The summed E-state index contributed by atoms with van der Waals surface area (Å²) in [5.41, 5.74) is -3.16. The third-order valence-corrected chi connectivity index (χ3v) is 4.85. The molecule has 0 saturated carbocycles. The van der Waals surface area contributed by atoms with E-state index in [1.807, 2.05) is 0 Å². The van der Waals surface area contributed by atoms with Crippen molar-refractivity contribution in [2.24, 2.45) is 4.99 Å². The lowest BCUT2D eigenvalue weighted by molar-refractivity contribution is -0.388. The Balaban J connectivity index is 2.12. The molecule has 1 aromatic heterocycles. The first-order chi connectivity index (χ1) is 15.5. The second kappa shape index (κ2) is 8.96. The van der Waals surface area contributed by atoms with E-state index in [4.69, 9.17) is 0 Å². The Hall–Kier alpha value is -4.46. The molecule has 168 valence electrons. The van der Waals surface area contributed by atoms with Gasteiger partial charge >= 0.3 is 6.18 Å². The van der Waals surface area contributed by atoms with Crippen molar-refractivity contribution in [3.05, 3.63) is 96.8 Å². The third kappa shape index (κ3) is 4.74. The van der Waals surface area contributed by atoms with Crippen LogP contribution in [0, 0.1) is 28.4 Å². The first-order valence-electron chi connectivity index (χ1n) is 9.34. The molecular formula is C22H15F3N4O4. The number of benzene rings is 2. The Bertz CT molecular complexity index is 1360. The molecule has 0 aliphatic carbocycles. The summed E-state index contributed by atoms with van der Waals surface area (Å²) in [4.78, 5) is 26.3. The van der Waals surface area contributed by atoms with E-state index < -0.39 is 33.8 Å². The highest BCUT2D eigenvalue weighted by Crippen LogP contribution is 2.38. The first kappa shape index (κ1) is 23.2. The number of hydrogen-bond acceptors (Lipinski definition) is 6. The van der Waals surface area contributed by atoms with Crippen LogP contribution < -0.4 is 5.56 Å². The van der Waals surface area contributed by atoms with E-state index in [1.54, 1.807) is 36.4 Å². The summed E-state index contributed by atoms with van der Waals surface area (Å²) in [5.74, 6) is -0.526. The van der Waals surface area contributed by atoms with E-state index in [0.717, 1.165) is 16.8 Å². The fraction of sp³-hybridized carbons (Fsp3) is 0.136. The van der Waals surface area contributed by atoms with Gasteiger partial charge in [-0.1, -0.05) is 30.3 Å². The third-order valence-electron chi connectivity index (χ3n) is 4.85. The average Bonchev–Trinajstić information content (AvgIpc) is 2.77. The van der Waals surface area contributed by atoms with Gasteiger partial charge in [0.05, 0.1) is 22.7 Å². The highest BCUT2D eigenvalue weighted by Gasteiger charge is 2.38. The molecule has 33 heavy (non-hydrogen) atoms. The maximum atomic E-state index is 13.2. The van der Waals surface area contributed by atoms with E-state index in [0.29, 0.717) is 17.7 Å². The molecule has 0 amide bonds. The van der Waals surface area contributed by atoms with E-state index >= 15 is 0 Å². The van der Waals surface area contributed by atoms with Crippen LogP contribution in [0.3, 0.4) is 0 Å². The smallest absolute Gasteiger partial charge is 0.423 e. The zero-order chi connectivity index (χ0) is 24.3. The second-order valence-electron chi connectivity index (χ2n) is 6.94. The summed E-state index contributed by atoms with van der Waals surface area (Å²) in [6.07, 6.45) is -3.98. The van der Waals surface area contributed by atoms with Gasteiger partial charge in [0.2, 0.25) is 5.88 Å². The van der Waals surface area contributed by atoms with Gasteiger partial charge in [0.15, 0.2) is 0 Å².